The van der Waals surface area contributed by atoms with E-state index < -0.39 is 0 Å². The van der Waals surface area contributed by atoms with Crippen LogP contribution in [-0.2, 0) is 5.54 Å². The Bertz CT molecular complexity index is 755. The molecule has 2 aromatic carbocycles. The summed E-state index contributed by atoms with van der Waals surface area (Å²) < 4.78 is 5.84. The predicted molar refractivity (Wildman–Crippen MR) is 132 cm³/mol. The lowest BCUT2D eigenvalue weighted by molar-refractivity contribution is 0.0297. The lowest BCUT2D eigenvalue weighted by Gasteiger charge is -2.51. The van der Waals surface area contributed by atoms with Crippen LogP contribution in [0.2, 0.25) is 0 Å². The summed E-state index contributed by atoms with van der Waals surface area (Å²) >= 11 is 0. The smallest absolute Gasteiger partial charge is 0.119 e. The molecule has 2 aromatic rings. The molecule has 0 radical (unpaired) electrons. The van der Waals surface area contributed by atoms with Crippen molar-refractivity contribution in [2.45, 2.75) is 45.1 Å². The van der Waals surface area contributed by atoms with Gasteiger partial charge in [0, 0.05) is 37.4 Å². The first-order chi connectivity index (χ1) is 13.7. The van der Waals surface area contributed by atoms with Crippen molar-refractivity contribution in [3.63, 3.8) is 0 Å². The highest BCUT2D eigenvalue weighted by Crippen LogP contribution is 2.45. The van der Waals surface area contributed by atoms with Crippen molar-refractivity contribution >= 4 is 30.5 Å². The van der Waals surface area contributed by atoms with Crippen molar-refractivity contribution in [2.24, 2.45) is 5.92 Å². The van der Waals surface area contributed by atoms with Gasteiger partial charge in [0.1, 0.15) is 5.75 Å². The topological polar surface area (TPSA) is 15.7 Å². The van der Waals surface area contributed by atoms with E-state index in [0.717, 1.165) is 44.5 Å². The number of nitrogens with zero attached hydrogens (tertiary/aromatic N) is 2. The molecular formula is C25H36Cl2N2O. The molecule has 1 saturated heterocycles. The summed E-state index contributed by atoms with van der Waals surface area (Å²) in [7, 11) is 0. The Morgan fingerprint density at radius 2 is 1.57 bits per heavy atom. The van der Waals surface area contributed by atoms with E-state index in [9.17, 15) is 0 Å². The highest BCUT2D eigenvalue weighted by Gasteiger charge is 2.42. The van der Waals surface area contributed by atoms with Crippen molar-refractivity contribution in [3.05, 3.63) is 60.2 Å². The van der Waals surface area contributed by atoms with E-state index in [1.807, 2.05) is 0 Å². The molecule has 0 atom stereocenters. The Morgan fingerprint density at radius 1 is 0.900 bits per heavy atom. The number of anilines is 1. The summed E-state index contributed by atoms with van der Waals surface area (Å²) in [6.07, 6.45) is 5.15. The van der Waals surface area contributed by atoms with Gasteiger partial charge in [0.05, 0.1) is 6.61 Å². The quantitative estimate of drug-likeness (QED) is 0.542. The highest BCUT2D eigenvalue weighted by atomic mass is 35.5. The first kappa shape index (κ1) is 24.8. The Kier molecular flexibility index (Phi) is 9.33. The molecule has 0 bridgehead atoms. The molecule has 0 unspecified atom stereocenters. The van der Waals surface area contributed by atoms with Crippen molar-refractivity contribution in [2.75, 3.05) is 37.7 Å². The second kappa shape index (κ2) is 11.3. The Labute approximate surface area is 194 Å². The maximum Gasteiger partial charge on any atom is 0.119 e. The minimum atomic E-state index is 0. The zero-order chi connectivity index (χ0) is 19.4. The van der Waals surface area contributed by atoms with Gasteiger partial charge >= 0.3 is 0 Å². The zero-order valence-corrected chi connectivity index (χ0v) is 19.9. The summed E-state index contributed by atoms with van der Waals surface area (Å²) in [6.45, 7) is 9.66. The van der Waals surface area contributed by atoms with Gasteiger partial charge in [-0.2, -0.15) is 0 Å². The average molecular weight is 451 g/mol. The molecule has 0 N–H and O–H groups in total. The second-order valence-corrected chi connectivity index (χ2v) is 8.48. The number of hydrogen-bond donors (Lipinski definition) is 0. The zero-order valence-electron chi connectivity index (χ0n) is 18.3. The van der Waals surface area contributed by atoms with Gasteiger partial charge < -0.3 is 9.64 Å². The van der Waals surface area contributed by atoms with E-state index in [-0.39, 0.29) is 30.4 Å². The molecule has 1 aliphatic carbocycles. The monoisotopic (exact) mass is 450 g/mol. The van der Waals surface area contributed by atoms with Crippen LogP contribution in [0.5, 0.6) is 5.75 Å². The second-order valence-electron chi connectivity index (χ2n) is 8.48. The molecule has 3 nitrogen and oxygen atoms in total. The number of hydrogen-bond acceptors (Lipinski definition) is 3. The van der Waals surface area contributed by atoms with Gasteiger partial charge in [0.15, 0.2) is 0 Å². The largest absolute Gasteiger partial charge is 0.494 e. The Hall–Kier alpha value is -1.42. The van der Waals surface area contributed by atoms with Crippen molar-refractivity contribution in [3.8, 4) is 5.75 Å². The number of rotatable bonds is 5. The fourth-order valence-electron chi connectivity index (χ4n) is 5.10. The molecule has 2 fully saturated rings. The molecule has 2 aliphatic rings. The maximum atomic E-state index is 5.84. The van der Waals surface area contributed by atoms with Crippen LogP contribution in [-0.4, -0.2) is 37.7 Å². The maximum absolute atomic E-state index is 5.84. The van der Waals surface area contributed by atoms with Crippen LogP contribution < -0.4 is 9.64 Å². The standard InChI is InChI=1S/C25H34N2O.2ClH/c1-3-28-24-11-7-8-22(20-24)25(14-12-21(2)13-15-25)27-18-16-26(17-19-27)23-9-5-4-6-10-23;;/h4-11,20-21H,3,12-19H2,1-2H3;2*1H. The van der Waals surface area contributed by atoms with E-state index in [4.69, 9.17) is 4.74 Å². The van der Waals surface area contributed by atoms with Gasteiger partial charge in [-0.25, -0.2) is 0 Å². The summed E-state index contributed by atoms with van der Waals surface area (Å²) in [5, 5.41) is 0. The molecule has 4 rings (SSSR count). The van der Waals surface area contributed by atoms with Crippen LogP contribution >= 0.6 is 24.8 Å². The number of benzene rings is 2. The van der Waals surface area contributed by atoms with Gasteiger partial charge in [-0.05, 0) is 68.4 Å². The van der Waals surface area contributed by atoms with Crippen molar-refractivity contribution in [1.29, 1.82) is 0 Å². The number of piperazine rings is 1. The third-order valence-corrected chi connectivity index (χ3v) is 6.79. The molecule has 0 amide bonds. The molecule has 1 heterocycles. The molecule has 30 heavy (non-hydrogen) atoms. The van der Waals surface area contributed by atoms with Crippen LogP contribution in [0, 0.1) is 5.92 Å². The van der Waals surface area contributed by atoms with Gasteiger partial charge in [-0.3, -0.25) is 4.90 Å². The van der Waals surface area contributed by atoms with Gasteiger partial charge in [-0.1, -0.05) is 37.3 Å². The fraction of sp³-hybridized carbons (Fsp3) is 0.520. The molecule has 1 aliphatic heterocycles. The Balaban J connectivity index is 0.00000160. The molecular weight excluding hydrogens is 415 g/mol. The molecule has 1 saturated carbocycles. The summed E-state index contributed by atoms with van der Waals surface area (Å²) in [5.41, 5.74) is 2.98. The highest BCUT2D eigenvalue weighted by molar-refractivity contribution is 5.85. The van der Waals surface area contributed by atoms with Crippen LogP contribution in [0.3, 0.4) is 0 Å². The van der Waals surface area contributed by atoms with Gasteiger partial charge in [0.25, 0.3) is 0 Å². The molecule has 0 aromatic heterocycles. The SMILES string of the molecule is CCOc1cccc(C2(N3CCN(c4ccccc4)CC3)CCC(C)CC2)c1.Cl.Cl. The number of ether oxygens (including phenoxy) is 1. The third-order valence-electron chi connectivity index (χ3n) is 6.79. The fourth-order valence-corrected chi connectivity index (χ4v) is 5.10. The summed E-state index contributed by atoms with van der Waals surface area (Å²) in [4.78, 5) is 5.32. The van der Waals surface area contributed by atoms with Gasteiger partial charge in [-0.15, -0.1) is 24.8 Å². The van der Waals surface area contributed by atoms with E-state index in [1.54, 1.807) is 0 Å². The van der Waals surface area contributed by atoms with Crippen molar-refractivity contribution < 1.29 is 4.74 Å². The van der Waals surface area contributed by atoms with E-state index >= 15 is 0 Å². The van der Waals surface area contributed by atoms with Crippen LogP contribution in [0.1, 0.15) is 45.1 Å². The van der Waals surface area contributed by atoms with Crippen LogP contribution in [0.25, 0.3) is 0 Å². The van der Waals surface area contributed by atoms with Crippen LogP contribution in [0.4, 0.5) is 5.69 Å². The van der Waals surface area contributed by atoms with E-state index in [1.165, 1.54) is 36.9 Å². The normalized spacial score (nSPS) is 24.5. The lowest BCUT2D eigenvalue weighted by Crippen LogP contribution is -2.56. The van der Waals surface area contributed by atoms with Crippen molar-refractivity contribution in [1.82, 2.24) is 4.90 Å². The minimum Gasteiger partial charge on any atom is -0.494 e. The van der Waals surface area contributed by atoms with Gasteiger partial charge in [0.2, 0.25) is 0 Å². The number of halogens is 2. The predicted octanol–water partition coefficient (Wildman–Crippen LogP) is 6.16. The first-order valence-electron chi connectivity index (χ1n) is 11.0. The first-order valence-corrected chi connectivity index (χ1v) is 11.0. The Morgan fingerprint density at radius 3 is 2.20 bits per heavy atom. The van der Waals surface area contributed by atoms with E-state index in [2.05, 4.69) is 78.2 Å². The molecule has 5 heteroatoms. The average Bonchev–Trinajstić information content (AvgIpc) is 2.76. The third kappa shape index (κ3) is 5.25. The molecule has 0 spiro atoms. The number of para-hydroxylation sites is 1. The van der Waals surface area contributed by atoms with E-state index in [0.29, 0.717) is 0 Å². The summed E-state index contributed by atoms with van der Waals surface area (Å²) in [6, 6.07) is 19.8. The van der Waals surface area contributed by atoms with Crippen LogP contribution in [0.15, 0.2) is 54.6 Å². The lowest BCUT2D eigenvalue weighted by atomic mass is 9.71. The molecule has 166 valence electrons. The summed E-state index contributed by atoms with van der Waals surface area (Å²) in [5.74, 6) is 1.86. The minimum absolute atomic E-state index is 0.